The van der Waals surface area contributed by atoms with Crippen molar-refractivity contribution in [1.82, 2.24) is 21.3 Å². The average molecular weight is 427 g/mol. The predicted molar refractivity (Wildman–Crippen MR) is 124 cm³/mol. The Hall–Kier alpha value is -2.74. The van der Waals surface area contributed by atoms with E-state index in [1.54, 1.807) is 0 Å². The Labute approximate surface area is 184 Å². The minimum absolute atomic E-state index is 0. The van der Waals surface area contributed by atoms with Crippen LogP contribution in [0.25, 0.3) is 0 Å². The van der Waals surface area contributed by atoms with Gasteiger partial charge in [-0.1, -0.05) is 58.0 Å². The molecule has 174 valence electrons. The molecule has 0 radical (unpaired) electrons. The molecule has 0 aliphatic heterocycles. The van der Waals surface area contributed by atoms with E-state index < -0.39 is 17.9 Å². The average Bonchev–Trinajstić information content (AvgIpc) is 2.73. The lowest BCUT2D eigenvalue weighted by Gasteiger charge is -2.19. The first-order valence-corrected chi connectivity index (χ1v) is 10.4. The largest absolute Gasteiger partial charge is 0.347 e. The summed E-state index contributed by atoms with van der Waals surface area (Å²) in [5.41, 5.74) is 0.872. The van der Waals surface area contributed by atoms with Crippen LogP contribution in [0.1, 0.15) is 45.4 Å². The fourth-order valence-electron chi connectivity index (χ4n) is 2.54. The van der Waals surface area contributed by atoms with Crippen LogP contribution in [0.2, 0.25) is 0 Å². The molecule has 0 fully saturated rings. The minimum Gasteiger partial charge on any atom is -0.347 e. The molecule has 0 saturated heterocycles. The summed E-state index contributed by atoms with van der Waals surface area (Å²) in [6.07, 6.45) is 0.975. The van der Waals surface area contributed by atoms with Crippen molar-refractivity contribution in [3.63, 3.8) is 0 Å². The van der Waals surface area contributed by atoms with Crippen molar-refractivity contribution in [2.24, 2.45) is 5.92 Å². The van der Waals surface area contributed by atoms with Gasteiger partial charge in [-0.05, 0) is 12.0 Å². The Bertz CT molecular complexity index is 724. The summed E-state index contributed by atoms with van der Waals surface area (Å²) in [6, 6.07) is 8.58. The van der Waals surface area contributed by atoms with Gasteiger partial charge in [0.2, 0.25) is 17.7 Å². The molecule has 0 heterocycles. The second-order valence-corrected chi connectivity index (χ2v) is 7.62. The molecule has 8 nitrogen and oxygen atoms in total. The molecular weight excluding hydrogens is 384 g/mol. The number of hydrogen-bond donors (Lipinski definition) is 4. The zero-order valence-corrected chi connectivity index (χ0v) is 18.3. The number of nitrogens with one attached hydrogen (secondary N) is 4. The van der Waals surface area contributed by atoms with Crippen LogP contribution < -0.4 is 21.3 Å². The highest BCUT2D eigenvalue weighted by Crippen LogP contribution is 2.05. The lowest BCUT2D eigenvalue weighted by Crippen LogP contribution is -2.52. The van der Waals surface area contributed by atoms with Crippen molar-refractivity contribution in [2.75, 3.05) is 19.6 Å². The van der Waals surface area contributed by atoms with E-state index >= 15 is 0 Å². The molecule has 2 unspecified atom stereocenters. The van der Waals surface area contributed by atoms with Gasteiger partial charge < -0.3 is 21.3 Å². The SMILES string of the molecule is CCC(C)C(=O)CNC(=O)C(Cc1ccccc1)NC(=O)CNC(=O)CNC(C)C.[HH].[HH].[HH].[HH]. The molecule has 30 heavy (non-hydrogen) atoms. The predicted octanol–water partition coefficient (Wildman–Crippen LogP) is 1.54. The molecule has 1 aromatic rings. The van der Waals surface area contributed by atoms with Gasteiger partial charge in [0, 0.05) is 24.1 Å². The molecule has 1 rings (SSSR count). The van der Waals surface area contributed by atoms with Gasteiger partial charge in [0.05, 0.1) is 19.6 Å². The van der Waals surface area contributed by atoms with Crippen molar-refractivity contribution in [1.29, 1.82) is 0 Å². The topological polar surface area (TPSA) is 116 Å². The van der Waals surface area contributed by atoms with Crippen LogP contribution >= 0.6 is 0 Å². The highest BCUT2D eigenvalue weighted by Gasteiger charge is 2.22. The van der Waals surface area contributed by atoms with E-state index in [4.69, 9.17) is 0 Å². The molecule has 2 atom stereocenters. The van der Waals surface area contributed by atoms with Crippen LogP contribution in [0.15, 0.2) is 30.3 Å². The number of rotatable bonds is 13. The second-order valence-electron chi connectivity index (χ2n) is 7.62. The number of carbonyl (C=O) groups excluding carboxylic acids is 4. The molecule has 0 aromatic heterocycles. The van der Waals surface area contributed by atoms with Gasteiger partial charge in [-0.3, -0.25) is 19.2 Å². The molecule has 0 saturated carbocycles. The summed E-state index contributed by atoms with van der Waals surface area (Å²) in [5, 5.41) is 10.8. The van der Waals surface area contributed by atoms with Crippen LogP contribution in [0.3, 0.4) is 0 Å². The summed E-state index contributed by atoms with van der Waals surface area (Å²) in [6.45, 7) is 7.35. The highest BCUT2D eigenvalue weighted by atomic mass is 16.2. The van der Waals surface area contributed by atoms with Gasteiger partial charge in [-0.25, -0.2) is 0 Å². The fourth-order valence-corrected chi connectivity index (χ4v) is 2.54. The molecule has 0 aliphatic carbocycles. The Balaban J connectivity index is -0.00000112. The number of benzene rings is 1. The quantitative estimate of drug-likeness (QED) is 0.382. The first kappa shape index (κ1) is 25.3. The Morgan fingerprint density at radius 1 is 0.900 bits per heavy atom. The third-order valence-electron chi connectivity index (χ3n) is 4.65. The maximum absolute atomic E-state index is 12.6. The van der Waals surface area contributed by atoms with Gasteiger partial charge in [-0.15, -0.1) is 0 Å². The number of ketones is 1. The van der Waals surface area contributed by atoms with Crippen molar-refractivity contribution < 1.29 is 24.9 Å². The van der Waals surface area contributed by atoms with Gasteiger partial charge in [0.1, 0.15) is 6.04 Å². The van der Waals surface area contributed by atoms with E-state index in [0.29, 0.717) is 6.42 Å². The van der Waals surface area contributed by atoms with E-state index in [-0.39, 0.29) is 55.4 Å². The summed E-state index contributed by atoms with van der Waals surface area (Å²) >= 11 is 0. The van der Waals surface area contributed by atoms with Gasteiger partial charge >= 0.3 is 0 Å². The highest BCUT2D eigenvalue weighted by molar-refractivity contribution is 5.93. The summed E-state index contributed by atoms with van der Waals surface area (Å²) < 4.78 is 0. The molecule has 0 bridgehead atoms. The first-order chi connectivity index (χ1) is 14.2. The van der Waals surface area contributed by atoms with Gasteiger partial charge in [0.25, 0.3) is 0 Å². The summed E-state index contributed by atoms with van der Waals surface area (Å²) in [4.78, 5) is 48.7. The monoisotopic (exact) mass is 426 g/mol. The Morgan fingerprint density at radius 2 is 1.57 bits per heavy atom. The number of amides is 3. The van der Waals surface area contributed by atoms with Crippen LogP contribution in [-0.2, 0) is 25.6 Å². The maximum atomic E-state index is 12.6. The number of Topliss-reactive ketones (excluding diaryl/α,β-unsaturated/α-hetero) is 1. The lowest BCUT2D eigenvalue weighted by atomic mass is 10.0. The van der Waals surface area contributed by atoms with E-state index in [0.717, 1.165) is 5.56 Å². The molecule has 1 aromatic carbocycles. The molecular formula is C22H42N4O4. The normalized spacial score (nSPS) is 12.7. The third-order valence-corrected chi connectivity index (χ3v) is 4.65. The molecule has 4 N–H and O–H groups in total. The lowest BCUT2D eigenvalue weighted by molar-refractivity contribution is -0.131. The Morgan fingerprint density at radius 3 is 2.17 bits per heavy atom. The molecule has 3 amide bonds. The van der Waals surface area contributed by atoms with Gasteiger partial charge in [-0.2, -0.15) is 0 Å². The third kappa shape index (κ3) is 10.2. The van der Waals surface area contributed by atoms with Crippen LogP contribution in [-0.4, -0.2) is 55.2 Å². The van der Waals surface area contributed by atoms with E-state index in [1.807, 2.05) is 58.0 Å². The Kier molecular flexibility index (Phi) is 11.4. The van der Waals surface area contributed by atoms with Crippen molar-refractivity contribution in [2.45, 2.75) is 52.6 Å². The number of carbonyl (C=O) groups is 4. The molecule has 0 spiro atoms. The maximum Gasteiger partial charge on any atom is 0.243 e. The second kappa shape index (κ2) is 13.5. The van der Waals surface area contributed by atoms with Crippen molar-refractivity contribution in [3.8, 4) is 0 Å². The van der Waals surface area contributed by atoms with Crippen LogP contribution in [0.4, 0.5) is 0 Å². The van der Waals surface area contributed by atoms with Crippen LogP contribution in [0.5, 0.6) is 0 Å². The minimum atomic E-state index is -0.852. The standard InChI is InChI=1S/C22H34N4O4.4H2/c1-5-16(4)19(27)12-25-22(30)18(11-17-9-7-6-8-10-17)26-21(29)14-24-20(28)13-23-15(2)3;;;;/h6-10,15-16,18,23H,5,11-14H2,1-4H3,(H,24,28)(H,25,30)(H,26,29);4*1H. The van der Waals surface area contributed by atoms with E-state index in [1.165, 1.54) is 0 Å². The van der Waals surface area contributed by atoms with E-state index in [9.17, 15) is 19.2 Å². The molecule has 0 aliphatic rings. The molecule has 8 heteroatoms. The van der Waals surface area contributed by atoms with Crippen molar-refractivity contribution in [3.05, 3.63) is 35.9 Å². The zero-order chi connectivity index (χ0) is 22.5. The number of hydrogen-bond acceptors (Lipinski definition) is 5. The van der Waals surface area contributed by atoms with Crippen molar-refractivity contribution >= 4 is 23.5 Å². The van der Waals surface area contributed by atoms with Gasteiger partial charge in [0.15, 0.2) is 5.78 Å². The van der Waals surface area contributed by atoms with Crippen LogP contribution in [0, 0.1) is 5.92 Å². The summed E-state index contributed by atoms with van der Waals surface area (Å²) in [7, 11) is 0. The zero-order valence-electron chi connectivity index (χ0n) is 18.3. The van der Waals surface area contributed by atoms with E-state index in [2.05, 4.69) is 21.3 Å². The fraction of sp³-hybridized carbons (Fsp3) is 0.545. The summed E-state index contributed by atoms with van der Waals surface area (Å²) in [5.74, 6) is -1.40. The first-order valence-electron chi connectivity index (χ1n) is 10.4. The smallest absolute Gasteiger partial charge is 0.243 e.